The highest BCUT2D eigenvalue weighted by molar-refractivity contribution is 5.90. The van der Waals surface area contributed by atoms with Crippen LogP contribution in [0, 0.1) is 12.8 Å². The molecule has 1 aromatic carbocycles. The summed E-state index contributed by atoms with van der Waals surface area (Å²) in [7, 11) is 0. The first-order chi connectivity index (χ1) is 11.1. The Hall–Kier alpha value is -2.63. The van der Waals surface area contributed by atoms with Crippen molar-refractivity contribution in [3.63, 3.8) is 0 Å². The lowest BCUT2D eigenvalue weighted by molar-refractivity contribution is 0.0994. The average Bonchev–Trinajstić information content (AvgIpc) is 3.36. The van der Waals surface area contributed by atoms with Gasteiger partial charge in [0, 0.05) is 12.1 Å². The second kappa shape index (κ2) is 6.64. The van der Waals surface area contributed by atoms with E-state index >= 15 is 0 Å². The van der Waals surface area contributed by atoms with Gasteiger partial charge in [-0.3, -0.25) is 4.79 Å². The molecule has 0 saturated heterocycles. The molecule has 0 spiro atoms. The van der Waals surface area contributed by atoms with E-state index in [4.69, 9.17) is 10.5 Å². The van der Waals surface area contributed by atoms with Gasteiger partial charge in [-0.1, -0.05) is 12.1 Å². The number of aryl methyl sites for hydroxylation is 1. The standard InChI is InChI=1S/C17H20N4O2/c1-11-2-5-13(15(8-11)23-10-12-3-4-12)9-19-16-7-6-14(17(18)22)20-21-16/h2,5-8,12H,3-4,9-10H2,1H3,(H2,18,22)(H,19,21). The highest BCUT2D eigenvalue weighted by atomic mass is 16.5. The summed E-state index contributed by atoms with van der Waals surface area (Å²) >= 11 is 0. The van der Waals surface area contributed by atoms with Crippen molar-refractivity contribution in [1.29, 1.82) is 0 Å². The summed E-state index contributed by atoms with van der Waals surface area (Å²) in [5.41, 5.74) is 7.54. The molecule has 1 aliphatic carbocycles. The molecule has 1 aromatic heterocycles. The van der Waals surface area contributed by atoms with E-state index in [1.807, 2.05) is 0 Å². The Bertz CT molecular complexity index is 696. The van der Waals surface area contributed by atoms with Gasteiger partial charge in [-0.25, -0.2) is 0 Å². The number of rotatable bonds is 7. The first-order valence-corrected chi connectivity index (χ1v) is 7.71. The van der Waals surface area contributed by atoms with Crippen molar-refractivity contribution in [2.75, 3.05) is 11.9 Å². The van der Waals surface area contributed by atoms with Gasteiger partial charge in [-0.05, 0) is 49.4 Å². The van der Waals surface area contributed by atoms with E-state index < -0.39 is 5.91 Å². The molecule has 0 bridgehead atoms. The van der Waals surface area contributed by atoms with E-state index in [1.54, 1.807) is 12.1 Å². The Morgan fingerprint density at radius 3 is 2.78 bits per heavy atom. The number of ether oxygens (including phenoxy) is 1. The maximum atomic E-state index is 11.0. The molecule has 0 atom stereocenters. The molecule has 6 nitrogen and oxygen atoms in total. The maximum Gasteiger partial charge on any atom is 0.269 e. The summed E-state index contributed by atoms with van der Waals surface area (Å²) < 4.78 is 5.94. The minimum absolute atomic E-state index is 0.152. The third-order valence-corrected chi connectivity index (χ3v) is 3.77. The van der Waals surface area contributed by atoms with Gasteiger partial charge in [0.2, 0.25) is 0 Å². The number of aromatic nitrogens is 2. The Morgan fingerprint density at radius 1 is 1.30 bits per heavy atom. The van der Waals surface area contributed by atoms with Crippen molar-refractivity contribution in [3.8, 4) is 5.75 Å². The summed E-state index contributed by atoms with van der Waals surface area (Å²) in [6.45, 7) is 3.41. The van der Waals surface area contributed by atoms with Crippen molar-refractivity contribution >= 4 is 11.7 Å². The molecule has 3 rings (SSSR count). The number of amides is 1. The number of carbonyl (C=O) groups excluding carboxylic acids is 1. The number of hydrogen-bond acceptors (Lipinski definition) is 5. The molecule has 23 heavy (non-hydrogen) atoms. The van der Waals surface area contributed by atoms with E-state index in [-0.39, 0.29) is 5.69 Å². The highest BCUT2D eigenvalue weighted by Crippen LogP contribution is 2.30. The summed E-state index contributed by atoms with van der Waals surface area (Å²) in [4.78, 5) is 11.0. The number of hydrogen-bond donors (Lipinski definition) is 2. The van der Waals surface area contributed by atoms with Crippen LogP contribution < -0.4 is 15.8 Å². The summed E-state index contributed by atoms with van der Waals surface area (Å²) in [5, 5.41) is 10.9. The topological polar surface area (TPSA) is 90.1 Å². The summed E-state index contributed by atoms with van der Waals surface area (Å²) in [5.74, 6) is 1.62. The van der Waals surface area contributed by atoms with E-state index in [1.165, 1.54) is 18.4 Å². The van der Waals surface area contributed by atoms with Crippen LogP contribution in [-0.4, -0.2) is 22.7 Å². The third-order valence-electron chi connectivity index (χ3n) is 3.77. The van der Waals surface area contributed by atoms with Gasteiger partial charge < -0.3 is 15.8 Å². The monoisotopic (exact) mass is 312 g/mol. The first kappa shape index (κ1) is 15.3. The minimum atomic E-state index is -0.585. The zero-order valence-corrected chi connectivity index (χ0v) is 13.1. The van der Waals surface area contributed by atoms with Crippen LogP contribution in [0.25, 0.3) is 0 Å². The molecular weight excluding hydrogens is 292 g/mol. The van der Waals surface area contributed by atoms with Gasteiger partial charge >= 0.3 is 0 Å². The maximum absolute atomic E-state index is 11.0. The van der Waals surface area contributed by atoms with Crippen LogP contribution >= 0.6 is 0 Å². The van der Waals surface area contributed by atoms with Gasteiger partial charge in [-0.15, -0.1) is 10.2 Å². The van der Waals surface area contributed by atoms with E-state index in [0.717, 1.165) is 17.9 Å². The van der Waals surface area contributed by atoms with Crippen molar-refractivity contribution < 1.29 is 9.53 Å². The minimum Gasteiger partial charge on any atom is -0.493 e. The fourth-order valence-corrected chi connectivity index (χ4v) is 2.18. The molecule has 1 saturated carbocycles. The summed E-state index contributed by atoms with van der Waals surface area (Å²) in [6, 6.07) is 9.41. The molecule has 2 aromatic rings. The van der Waals surface area contributed by atoms with Crippen LogP contribution in [0.5, 0.6) is 5.75 Å². The fourth-order valence-electron chi connectivity index (χ4n) is 2.18. The second-order valence-corrected chi connectivity index (χ2v) is 5.89. The number of nitrogens with one attached hydrogen (secondary N) is 1. The Balaban J connectivity index is 1.65. The smallest absolute Gasteiger partial charge is 0.269 e. The second-order valence-electron chi connectivity index (χ2n) is 5.89. The number of primary amides is 1. The molecule has 120 valence electrons. The summed E-state index contributed by atoms with van der Waals surface area (Å²) in [6.07, 6.45) is 2.53. The van der Waals surface area contributed by atoms with E-state index in [2.05, 4.69) is 40.6 Å². The van der Waals surface area contributed by atoms with Crippen LogP contribution in [0.2, 0.25) is 0 Å². The van der Waals surface area contributed by atoms with Crippen molar-refractivity contribution in [3.05, 3.63) is 47.2 Å². The van der Waals surface area contributed by atoms with Gasteiger partial charge in [0.25, 0.3) is 5.91 Å². The molecule has 1 heterocycles. The SMILES string of the molecule is Cc1ccc(CNc2ccc(C(N)=O)nn2)c(OCC2CC2)c1. The Morgan fingerprint density at radius 2 is 2.13 bits per heavy atom. The number of nitrogens with two attached hydrogens (primary N) is 1. The quantitative estimate of drug-likeness (QED) is 0.818. The van der Waals surface area contributed by atoms with Gasteiger partial charge in [-0.2, -0.15) is 0 Å². The Labute approximate surface area is 135 Å². The van der Waals surface area contributed by atoms with Gasteiger partial charge in [0.15, 0.2) is 5.69 Å². The fraction of sp³-hybridized carbons (Fsp3) is 0.353. The van der Waals surface area contributed by atoms with E-state index in [0.29, 0.717) is 18.3 Å². The number of anilines is 1. The zero-order chi connectivity index (χ0) is 16.2. The lowest BCUT2D eigenvalue weighted by Gasteiger charge is -2.13. The number of benzene rings is 1. The van der Waals surface area contributed by atoms with Gasteiger partial charge in [0.1, 0.15) is 11.6 Å². The molecule has 6 heteroatoms. The van der Waals surface area contributed by atoms with Gasteiger partial charge in [0.05, 0.1) is 6.61 Å². The number of nitrogens with zero attached hydrogens (tertiary/aromatic N) is 2. The largest absolute Gasteiger partial charge is 0.493 e. The van der Waals surface area contributed by atoms with Crippen LogP contribution in [-0.2, 0) is 6.54 Å². The number of carbonyl (C=O) groups is 1. The average molecular weight is 312 g/mol. The molecular formula is C17H20N4O2. The van der Waals surface area contributed by atoms with Crippen molar-refractivity contribution in [1.82, 2.24) is 10.2 Å². The lowest BCUT2D eigenvalue weighted by atomic mass is 10.1. The first-order valence-electron chi connectivity index (χ1n) is 7.71. The predicted molar refractivity (Wildman–Crippen MR) is 87.3 cm³/mol. The predicted octanol–water partition coefficient (Wildman–Crippen LogP) is 2.28. The van der Waals surface area contributed by atoms with Crippen molar-refractivity contribution in [2.45, 2.75) is 26.3 Å². The molecule has 0 radical (unpaired) electrons. The highest BCUT2D eigenvalue weighted by Gasteiger charge is 2.22. The normalized spacial score (nSPS) is 13.6. The Kier molecular flexibility index (Phi) is 4.41. The zero-order valence-electron chi connectivity index (χ0n) is 13.1. The van der Waals surface area contributed by atoms with Crippen molar-refractivity contribution in [2.24, 2.45) is 11.7 Å². The van der Waals surface area contributed by atoms with Crippen LogP contribution in [0.3, 0.4) is 0 Å². The molecule has 1 aliphatic rings. The van der Waals surface area contributed by atoms with Crippen LogP contribution in [0.4, 0.5) is 5.82 Å². The van der Waals surface area contributed by atoms with Crippen LogP contribution in [0.15, 0.2) is 30.3 Å². The molecule has 1 fully saturated rings. The molecule has 3 N–H and O–H groups in total. The molecule has 0 unspecified atom stereocenters. The third kappa shape index (κ3) is 4.18. The lowest BCUT2D eigenvalue weighted by Crippen LogP contribution is -2.14. The molecule has 0 aliphatic heterocycles. The molecule has 1 amide bonds. The van der Waals surface area contributed by atoms with Crippen LogP contribution in [0.1, 0.15) is 34.5 Å². The van der Waals surface area contributed by atoms with E-state index in [9.17, 15) is 4.79 Å².